The second kappa shape index (κ2) is 7.67. The molecule has 0 saturated carbocycles. The first-order valence-corrected chi connectivity index (χ1v) is 6.83. The molecular formula is C17H24N2. The van der Waals surface area contributed by atoms with Crippen LogP contribution in [0.3, 0.4) is 0 Å². The lowest BCUT2D eigenvalue weighted by atomic mass is 9.82. The molecule has 0 radical (unpaired) electrons. The maximum Gasteiger partial charge on any atom is 0.00583 e. The van der Waals surface area contributed by atoms with Gasteiger partial charge in [0, 0.05) is 5.71 Å². The zero-order valence-corrected chi connectivity index (χ0v) is 11.9. The minimum atomic E-state index is 0.416. The zero-order chi connectivity index (χ0) is 14.3. The van der Waals surface area contributed by atoms with Crippen molar-refractivity contribution in [3.05, 3.63) is 42.0 Å². The zero-order valence-electron chi connectivity index (χ0n) is 11.9. The smallest absolute Gasteiger partial charge is 0.00583 e. The van der Waals surface area contributed by atoms with Gasteiger partial charge in [0.05, 0.1) is 0 Å². The maximum atomic E-state index is 7.55. The van der Waals surface area contributed by atoms with E-state index >= 15 is 0 Å². The highest BCUT2D eigenvalue weighted by Crippen LogP contribution is 2.30. The molecule has 0 aliphatic carbocycles. The van der Waals surface area contributed by atoms with Crippen LogP contribution in [0.1, 0.15) is 50.2 Å². The summed E-state index contributed by atoms with van der Waals surface area (Å²) in [6.07, 6.45) is 5.95. The van der Waals surface area contributed by atoms with Crippen molar-refractivity contribution >= 4 is 18.0 Å². The fraction of sp³-hybridized carbons (Fsp3) is 0.412. The van der Waals surface area contributed by atoms with E-state index in [2.05, 4.69) is 37.8 Å². The van der Waals surface area contributed by atoms with Crippen molar-refractivity contribution in [2.24, 2.45) is 5.92 Å². The van der Waals surface area contributed by atoms with Gasteiger partial charge in [-0.1, -0.05) is 43.8 Å². The Balaban J connectivity index is 2.78. The minimum absolute atomic E-state index is 0.416. The van der Waals surface area contributed by atoms with Crippen molar-refractivity contribution in [1.82, 2.24) is 0 Å². The average molecular weight is 256 g/mol. The van der Waals surface area contributed by atoms with Gasteiger partial charge in [-0.3, -0.25) is 0 Å². The van der Waals surface area contributed by atoms with E-state index in [4.69, 9.17) is 10.8 Å². The largest absolute Gasteiger partial charge is 0.313 e. The summed E-state index contributed by atoms with van der Waals surface area (Å²) in [5, 5.41) is 14.9. The third kappa shape index (κ3) is 4.82. The van der Waals surface area contributed by atoms with Gasteiger partial charge in [-0.25, -0.2) is 0 Å². The molecule has 19 heavy (non-hydrogen) atoms. The van der Waals surface area contributed by atoms with Crippen LogP contribution in [-0.4, -0.2) is 11.9 Å². The Labute approximate surface area is 116 Å². The van der Waals surface area contributed by atoms with E-state index in [0.29, 0.717) is 11.8 Å². The van der Waals surface area contributed by atoms with E-state index in [0.717, 1.165) is 30.5 Å². The molecule has 2 atom stereocenters. The predicted octanol–water partition coefficient (Wildman–Crippen LogP) is 4.91. The molecular weight excluding hydrogens is 232 g/mol. The van der Waals surface area contributed by atoms with E-state index < -0.39 is 0 Å². The number of nitrogens with one attached hydrogen (secondary N) is 2. The fourth-order valence-corrected chi connectivity index (χ4v) is 2.33. The number of rotatable bonds is 8. The molecule has 2 unspecified atom stereocenters. The number of hydrogen-bond donors (Lipinski definition) is 2. The van der Waals surface area contributed by atoms with Crippen LogP contribution in [0.5, 0.6) is 0 Å². The van der Waals surface area contributed by atoms with E-state index in [9.17, 15) is 0 Å². The molecule has 0 aliphatic rings. The lowest BCUT2D eigenvalue weighted by Gasteiger charge is -2.23. The molecule has 0 fully saturated rings. The Morgan fingerprint density at radius 2 is 1.95 bits per heavy atom. The third-order valence-electron chi connectivity index (χ3n) is 3.72. The van der Waals surface area contributed by atoms with Crippen LogP contribution >= 0.6 is 0 Å². The van der Waals surface area contributed by atoms with Crippen molar-refractivity contribution in [2.45, 2.75) is 39.0 Å². The van der Waals surface area contributed by atoms with Crippen molar-refractivity contribution in [2.75, 3.05) is 0 Å². The normalized spacial score (nSPS) is 13.6. The molecule has 0 aliphatic heterocycles. The first-order chi connectivity index (χ1) is 9.08. The van der Waals surface area contributed by atoms with E-state index in [1.807, 2.05) is 13.0 Å². The van der Waals surface area contributed by atoms with Gasteiger partial charge in [0.25, 0.3) is 0 Å². The molecule has 2 heteroatoms. The average Bonchev–Trinajstić information content (AvgIpc) is 2.42. The van der Waals surface area contributed by atoms with Crippen LogP contribution in [0.2, 0.25) is 0 Å². The Morgan fingerprint density at radius 3 is 2.42 bits per heavy atom. The Kier molecular flexibility index (Phi) is 6.20. The highest BCUT2D eigenvalue weighted by molar-refractivity contribution is 5.78. The van der Waals surface area contributed by atoms with Gasteiger partial charge in [0.15, 0.2) is 0 Å². The van der Waals surface area contributed by atoms with E-state index in [1.54, 1.807) is 0 Å². The van der Waals surface area contributed by atoms with Crippen LogP contribution in [-0.2, 0) is 0 Å². The first-order valence-electron chi connectivity index (χ1n) is 6.83. The monoisotopic (exact) mass is 256 g/mol. The molecule has 1 aromatic rings. The summed E-state index contributed by atoms with van der Waals surface area (Å²) in [5.74, 6) is 0.854. The summed E-state index contributed by atoms with van der Waals surface area (Å²) in [5.41, 5.74) is 3.17. The summed E-state index contributed by atoms with van der Waals surface area (Å²) < 4.78 is 0. The van der Waals surface area contributed by atoms with Crippen LogP contribution in [0.25, 0.3) is 6.08 Å². The lowest BCUT2D eigenvalue weighted by Crippen LogP contribution is -2.12. The molecule has 2 N–H and O–H groups in total. The van der Waals surface area contributed by atoms with Gasteiger partial charge in [0.2, 0.25) is 0 Å². The molecule has 0 bridgehead atoms. The predicted molar refractivity (Wildman–Crippen MR) is 84.5 cm³/mol. The fourth-order valence-electron chi connectivity index (χ4n) is 2.33. The SMILES string of the molecule is C=Cc1ccc(C(C)C(CC=N)CCC(C)=N)cc1. The number of hydrogen-bond acceptors (Lipinski definition) is 2. The molecule has 0 saturated heterocycles. The van der Waals surface area contributed by atoms with E-state index in [1.165, 1.54) is 11.8 Å². The third-order valence-corrected chi connectivity index (χ3v) is 3.72. The Bertz CT molecular complexity index is 431. The summed E-state index contributed by atoms with van der Waals surface area (Å²) in [7, 11) is 0. The van der Waals surface area contributed by atoms with Gasteiger partial charge in [-0.15, -0.1) is 0 Å². The molecule has 0 aromatic heterocycles. The summed E-state index contributed by atoms with van der Waals surface area (Å²) >= 11 is 0. The first kappa shape index (κ1) is 15.4. The van der Waals surface area contributed by atoms with Crippen molar-refractivity contribution in [3.8, 4) is 0 Å². The topological polar surface area (TPSA) is 47.7 Å². The highest BCUT2D eigenvalue weighted by atomic mass is 14.4. The van der Waals surface area contributed by atoms with Crippen LogP contribution in [0.4, 0.5) is 0 Å². The molecule has 0 amide bonds. The van der Waals surface area contributed by atoms with Gasteiger partial charge >= 0.3 is 0 Å². The van der Waals surface area contributed by atoms with Crippen LogP contribution < -0.4 is 0 Å². The summed E-state index contributed by atoms with van der Waals surface area (Å²) in [6, 6.07) is 8.47. The lowest BCUT2D eigenvalue weighted by molar-refractivity contribution is 0.438. The van der Waals surface area contributed by atoms with Gasteiger partial charge in [-0.05, 0) is 55.4 Å². The Hall–Kier alpha value is -1.70. The van der Waals surface area contributed by atoms with Gasteiger partial charge in [0.1, 0.15) is 0 Å². The quantitative estimate of drug-likeness (QED) is 0.621. The molecule has 1 aromatic carbocycles. The molecule has 1 rings (SSSR count). The molecule has 102 valence electrons. The van der Waals surface area contributed by atoms with Crippen molar-refractivity contribution in [1.29, 1.82) is 10.8 Å². The highest BCUT2D eigenvalue weighted by Gasteiger charge is 2.18. The molecule has 0 heterocycles. The number of benzene rings is 1. The van der Waals surface area contributed by atoms with Crippen molar-refractivity contribution in [3.63, 3.8) is 0 Å². The molecule has 0 spiro atoms. The second-order valence-electron chi connectivity index (χ2n) is 5.18. The Morgan fingerprint density at radius 1 is 1.32 bits per heavy atom. The molecule has 2 nitrogen and oxygen atoms in total. The second-order valence-corrected chi connectivity index (χ2v) is 5.18. The minimum Gasteiger partial charge on any atom is -0.313 e. The maximum absolute atomic E-state index is 7.55. The van der Waals surface area contributed by atoms with Crippen LogP contribution in [0, 0.1) is 16.7 Å². The van der Waals surface area contributed by atoms with Gasteiger partial charge in [-0.2, -0.15) is 0 Å². The van der Waals surface area contributed by atoms with E-state index in [-0.39, 0.29) is 0 Å². The standard InChI is InChI=1S/C17H24N2/c1-4-15-6-9-16(10-7-15)14(3)17(11-12-18)8-5-13(2)19/h4,6-7,9-10,12,14,17-19H,1,5,8,11H2,2-3H3. The van der Waals surface area contributed by atoms with Crippen LogP contribution in [0.15, 0.2) is 30.8 Å². The summed E-state index contributed by atoms with van der Waals surface area (Å²) in [4.78, 5) is 0. The van der Waals surface area contributed by atoms with Gasteiger partial charge < -0.3 is 10.8 Å². The van der Waals surface area contributed by atoms with Crippen molar-refractivity contribution < 1.29 is 0 Å². The summed E-state index contributed by atoms with van der Waals surface area (Å²) in [6.45, 7) is 7.84.